The maximum Gasteiger partial charge on any atom is 0.169 e. The summed E-state index contributed by atoms with van der Waals surface area (Å²) in [6, 6.07) is 0.980. The van der Waals surface area contributed by atoms with Gasteiger partial charge in [0.05, 0.1) is 0 Å². The summed E-state index contributed by atoms with van der Waals surface area (Å²) >= 11 is 0. The molecule has 0 aromatic heterocycles. The highest BCUT2D eigenvalue weighted by Gasteiger charge is 1.95. The average molecular weight is 134 g/mol. The number of hydrogen-bond donors (Lipinski definition) is 1. The van der Waals surface area contributed by atoms with Crippen LogP contribution >= 0.6 is 0 Å². The molecule has 50 valence electrons. The molecule has 0 fully saturated rings. The van der Waals surface area contributed by atoms with Gasteiger partial charge in [-0.1, -0.05) is 0 Å². The maximum atomic E-state index is 8.86. The minimum Gasteiger partial charge on any atom is -0.435 e. The van der Waals surface area contributed by atoms with Crippen molar-refractivity contribution in [3.8, 4) is 0 Å². The fourth-order valence-electron chi connectivity index (χ4n) is 0.523. The third-order valence-electron chi connectivity index (χ3n) is 0.970. The number of methoxy groups -OCH3 is 1. The molecule has 0 aliphatic heterocycles. The van der Waals surface area contributed by atoms with Crippen molar-refractivity contribution in [1.29, 1.82) is 0 Å². The molecule has 0 aromatic rings. The molecular formula is C5H14O2Si. The van der Waals surface area contributed by atoms with Crippen LogP contribution in [0, 0.1) is 0 Å². The first-order chi connectivity index (χ1) is 3.77. The quantitative estimate of drug-likeness (QED) is 0.444. The largest absolute Gasteiger partial charge is 0.435 e. The van der Waals surface area contributed by atoms with E-state index in [-0.39, 0.29) is 0 Å². The molecule has 1 N–H and O–H groups in total. The number of hydrogen-bond acceptors (Lipinski definition) is 2. The van der Waals surface area contributed by atoms with Crippen molar-refractivity contribution >= 4 is 9.04 Å². The summed E-state index contributed by atoms with van der Waals surface area (Å²) in [5.74, 6) is 0. The van der Waals surface area contributed by atoms with E-state index < -0.39 is 9.04 Å². The first-order valence-corrected chi connectivity index (χ1v) is 5.43. The Morgan fingerprint density at radius 2 is 2.25 bits per heavy atom. The number of rotatable bonds is 4. The van der Waals surface area contributed by atoms with Gasteiger partial charge in [-0.05, 0) is 19.0 Å². The maximum absolute atomic E-state index is 8.86. The summed E-state index contributed by atoms with van der Waals surface area (Å²) in [5.41, 5.74) is 0. The summed E-state index contributed by atoms with van der Waals surface area (Å²) in [5, 5.41) is 0. The van der Waals surface area contributed by atoms with Crippen LogP contribution in [0.1, 0.15) is 6.42 Å². The van der Waals surface area contributed by atoms with E-state index >= 15 is 0 Å². The Balaban J connectivity index is 2.72. The van der Waals surface area contributed by atoms with Gasteiger partial charge in [0.25, 0.3) is 0 Å². The standard InChI is InChI=1S/C5H14O2Si/c1-7-4-3-5-8(2)6/h6,8H,3-5H2,1-2H3. The van der Waals surface area contributed by atoms with E-state index in [4.69, 9.17) is 9.53 Å². The van der Waals surface area contributed by atoms with Gasteiger partial charge in [0, 0.05) is 13.7 Å². The van der Waals surface area contributed by atoms with Crippen molar-refractivity contribution in [3.63, 3.8) is 0 Å². The van der Waals surface area contributed by atoms with E-state index in [1.54, 1.807) is 7.11 Å². The van der Waals surface area contributed by atoms with E-state index in [1.165, 1.54) is 0 Å². The Kier molecular flexibility index (Phi) is 5.37. The summed E-state index contributed by atoms with van der Waals surface area (Å²) in [4.78, 5) is 8.86. The number of ether oxygens (including phenoxy) is 1. The van der Waals surface area contributed by atoms with Crippen molar-refractivity contribution in [2.45, 2.75) is 19.0 Å². The summed E-state index contributed by atoms with van der Waals surface area (Å²) in [6.07, 6.45) is 1.01. The van der Waals surface area contributed by atoms with Crippen LogP contribution in [0.5, 0.6) is 0 Å². The van der Waals surface area contributed by atoms with Crippen LogP contribution < -0.4 is 0 Å². The van der Waals surface area contributed by atoms with Gasteiger partial charge in [-0.25, -0.2) is 0 Å². The van der Waals surface area contributed by atoms with Gasteiger partial charge in [-0.3, -0.25) is 0 Å². The van der Waals surface area contributed by atoms with Gasteiger partial charge in [-0.15, -0.1) is 0 Å². The lowest BCUT2D eigenvalue weighted by Gasteiger charge is -1.98. The molecule has 2 nitrogen and oxygen atoms in total. The molecule has 0 aliphatic carbocycles. The van der Waals surface area contributed by atoms with Gasteiger partial charge in [-0.2, -0.15) is 0 Å². The molecule has 0 spiro atoms. The smallest absolute Gasteiger partial charge is 0.169 e. The summed E-state index contributed by atoms with van der Waals surface area (Å²) in [7, 11) is 0.402. The van der Waals surface area contributed by atoms with E-state index in [9.17, 15) is 0 Å². The molecule has 0 amide bonds. The van der Waals surface area contributed by atoms with Crippen LogP contribution in [0.15, 0.2) is 0 Å². The molecule has 0 aromatic carbocycles. The molecule has 1 atom stereocenters. The van der Waals surface area contributed by atoms with Crippen molar-refractivity contribution in [1.82, 2.24) is 0 Å². The Morgan fingerprint density at radius 3 is 2.62 bits per heavy atom. The minimum atomic E-state index is -1.28. The second kappa shape index (κ2) is 5.28. The van der Waals surface area contributed by atoms with Crippen molar-refractivity contribution in [2.75, 3.05) is 13.7 Å². The van der Waals surface area contributed by atoms with Crippen LogP contribution in [0.3, 0.4) is 0 Å². The highest BCUT2D eigenvalue weighted by Crippen LogP contribution is 1.92. The van der Waals surface area contributed by atoms with Gasteiger partial charge in [0.1, 0.15) is 0 Å². The normalized spacial score (nSPS) is 13.9. The van der Waals surface area contributed by atoms with E-state index in [2.05, 4.69) is 0 Å². The molecule has 0 saturated carbocycles. The predicted molar refractivity (Wildman–Crippen MR) is 36.5 cm³/mol. The first-order valence-electron chi connectivity index (χ1n) is 2.94. The van der Waals surface area contributed by atoms with E-state index in [0.717, 1.165) is 19.1 Å². The average Bonchev–Trinajstić information content (AvgIpc) is 1.66. The molecular weight excluding hydrogens is 120 g/mol. The van der Waals surface area contributed by atoms with Crippen molar-refractivity contribution in [2.24, 2.45) is 0 Å². The first kappa shape index (κ1) is 8.14. The molecule has 0 radical (unpaired) electrons. The highest BCUT2D eigenvalue weighted by atomic mass is 28.3. The van der Waals surface area contributed by atoms with Crippen LogP contribution in [0.2, 0.25) is 12.6 Å². The van der Waals surface area contributed by atoms with Gasteiger partial charge in [0.2, 0.25) is 0 Å². The minimum absolute atomic E-state index is 0.790. The molecule has 0 heterocycles. The third-order valence-corrected chi connectivity index (χ3v) is 2.21. The second-order valence-electron chi connectivity index (χ2n) is 1.98. The molecule has 0 saturated heterocycles. The van der Waals surface area contributed by atoms with E-state index in [0.29, 0.717) is 0 Å². The van der Waals surface area contributed by atoms with Crippen LogP contribution in [0.4, 0.5) is 0 Å². The second-order valence-corrected chi connectivity index (χ2v) is 4.26. The molecule has 0 rings (SSSR count). The Hall–Kier alpha value is 0.137. The molecule has 3 heteroatoms. The zero-order valence-electron chi connectivity index (χ0n) is 5.55. The van der Waals surface area contributed by atoms with Gasteiger partial charge >= 0.3 is 0 Å². The molecule has 8 heavy (non-hydrogen) atoms. The van der Waals surface area contributed by atoms with Crippen molar-refractivity contribution < 1.29 is 9.53 Å². The molecule has 0 bridgehead atoms. The SMILES string of the molecule is COCCC[SiH](C)O. The topological polar surface area (TPSA) is 29.5 Å². The summed E-state index contributed by atoms with van der Waals surface area (Å²) in [6.45, 7) is 2.72. The highest BCUT2D eigenvalue weighted by molar-refractivity contribution is 6.48. The Labute approximate surface area is 52.2 Å². The van der Waals surface area contributed by atoms with Crippen LogP contribution in [-0.2, 0) is 4.74 Å². The lowest BCUT2D eigenvalue weighted by molar-refractivity contribution is 0.198. The Bertz CT molecular complexity index is 47.7. The van der Waals surface area contributed by atoms with Crippen LogP contribution in [0.25, 0.3) is 0 Å². The Morgan fingerprint density at radius 1 is 1.62 bits per heavy atom. The lowest BCUT2D eigenvalue weighted by Crippen LogP contribution is -2.05. The van der Waals surface area contributed by atoms with Crippen LogP contribution in [-0.4, -0.2) is 27.6 Å². The van der Waals surface area contributed by atoms with Crippen molar-refractivity contribution in [3.05, 3.63) is 0 Å². The van der Waals surface area contributed by atoms with Gasteiger partial charge in [0.15, 0.2) is 9.04 Å². The zero-order valence-corrected chi connectivity index (χ0v) is 6.71. The lowest BCUT2D eigenvalue weighted by atomic mass is 10.5. The van der Waals surface area contributed by atoms with Gasteiger partial charge < -0.3 is 9.53 Å². The van der Waals surface area contributed by atoms with E-state index in [1.807, 2.05) is 6.55 Å². The molecule has 0 aliphatic rings. The molecule has 1 unspecified atom stereocenters. The third kappa shape index (κ3) is 6.14. The zero-order chi connectivity index (χ0) is 6.41. The summed E-state index contributed by atoms with van der Waals surface area (Å²) < 4.78 is 4.80. The fraction of sp³-hybridized carbons (Fsp3) is 1.00. The monoisotopic (exact) mass is 134 g/mol. The fourth-order valence-corrected chi connectivity index (χ4v) is 1.28. The predicted octanol–water partition coefficient (Wildman–Crippen LogP) is 0.369.